The van der Waals surface area contributed by atoms with Gasteiger partial charge in [0.1, 0.15) is 0 Å². The van der Waals surface area contributed by atoms with Gasteiger partial charge < -0.3 is 5.73 Å². The monoisotopic (exact) mass is 311 g/mol. The summed E-state index contributed by atoms with van der Waals surface area (Å²) >= 11 is 1.45. The molecule has 20 heavy (non-hydrogen) atoms. The number of anilines is 1. The lowest BCUT2D eigenvalue weighted by Crippen LogP contribution is -2.26. The highest BCUT2D eigenvalue weighted by molar-refractivity contribution is 7.89. The van der Waals surface area contributed by atoms with Crippen LogP contribution in [0, 0.1) is 13.8 Å². The first kappa shape index (κ1) is 15.0. The Bertz CT molecular complexity index is 703. The van der Waals surface area contributed by atoms with Crippen LogP contribution in [0.3, 0.4) is 0 Å². The van der Waals surface area contributed by atoms with Crippen LogP contribution in [0.25, 0.3) is 0 Å². The number of nitrogens with two attached hydrogens (primary N) is 1. The van der Waals surface area contributed by atoms with Gasteiger partial charge in [0.25, 0.3) is 0 Å². The van der Waals surface area contributed by atoms with Crippen LogP contribution in [0.4, 0.5) is 5.69 Å². The van der Waals surface area contributed by atoms with Crippen LogP contribution in [-0.4, -0.2) is 24.8 Å². The van der Waals surface area contributed by atoms with E-state index >= 15 is 0 Å². The van der Waals surface area contributed by atoms with Crippen molar-refractivity contribution in [1.29, 1.82) is 0 Å². The highest BCUT2D eigenvalue weighted by atomic mass is 32.2. The number of aryl methyl sites for hydroxylation is 2. The number of thiazole rings is 1. The Hall–Kier alpha value is -1.44. The number of benzene rings is 1. The lowest BCUT2D eigenvalue weighted by Gasteiger charge is -2.17. The maximum atomic E-state index is 12.5. The predicted octanol–water partition coefficient (Wildman–Crippen LogP) is 2.16. The summed E-state index contributed by atoms with van der Waals surface area (Å²) < 4.78 is 26.4. The summed E-state index contributed by atoms with van der Waals surface area (Å²) in [7, 11) is -1.98. The number of rotatable bonds is 4. The Balaban J connectivity index is 2.32. The minimum absolute atomic E-state index is 0.222. The van der Waals surface area contributed by atoms with E-state index in [0.29, 0.717) is 12.2 Å². The summed E-state index contributed by atoms with van der Waals surface area (Å²) in [5.74, 6) is 0. The molecule has 0 radical (unpaired) electrons. The van der Waals surface area contributed by atoms with Gasteiger partial charge in [0, 0.05) is 24.2 Å². The van der Waals surface area contributed by atoms with Crippen molar-refractivity contribution in [2.45, 2.75) is 25.3 Å². The molecule has 0 atom stereocenters. The van der Waals surface area contributed by atoms with E-state index in [0.717, 1.165) is 16.1 Å². The molecular formula is C13H17N3O2S2. The molecule has 0 amide bonds. The van der Waals surface area contributed by atoms with Gasteiger partial charge in [0.05, 0.1) is 16.1 Å². The summed E-state index contributed by atoms with van der Waals surface area (Å²) in [6.45, 7) is 4.01. The van der Waals surface area contributed by atoms with E-state index < -0.39 is 10.0 Å². The van der Waals surface area contributed by atoms with Gasteiger partial charge >= 0.3 is 0 Å². The first-order valence-corrected chi connectivity index (χ1v) is 8.35. The molecule has 0 aliphatic rings. The van der Waals surface area contributed by atoms with Crippen LogP contribution in [0.5, 0.6) is 0 Å². The lowest BCUT2D eigenvalue weighted by atomic mass is 10.2. The third-order valence-electron chi connectivity index (χ3n) is 2.99. The molecule has 0 saturated heterocycles. The van der Waals surface area contributed by atoms with Gasteiger partial charge in [-0.15, -0.1) is 11.3 Å². The smallest absolute Gasteiger partial charge is 0.243 e. The largest absolute Gasteiger partial charge is 0.399 e. The van der Waals surface area contributed by atoms with E-state index in [1.54, 1.807) is 24.7 Å². The summed E-state index contributed by atoms with van der Waals surface area (Å²) in [6.07, 6.45) is 0. The molecule has 1 aromatic carbocycles. The molecule has 7 heteroatoms. The molecule has 2 N–H and O–H groups in total. The van der Waals surface area contributed by atoms with Gasteiger partial charge in [-0.05, 0) is 37.6 Å². The van der Waals surface area contributed by atoms with Gasteiger partial charge in [0.15, 0.2) is 0 Å². The Morgan fingerprint density at radius 1 is 1.30 bits per heavy atom. The van der Waals surface area contributed by atoms with Crippen molar-refractivity contribution in [3.8, 4) is 0 Å². The van der Waals surface area contributed by atoms with Crippen LogP contribution in [0.2, 0.25) is 0 Å². The molecule has 0 aliphatic carbocycles. The van der Waals surface area contributed by atoms with E-state index in [4.69, 9.17) is 5.73 Å². The van der Waals surface area contributed by atoms with Gasteiger partial charge in [-0.2, -0.15) is 4.31 Å². The van der Waals surface area contributed by atoms with Crippen LogP contribution < -0.4 is 5.73 Å². The van der Waals surface area contributed by atoms with E-state index in [1.807, 2.05) is 13.8 Å². The first-order chi connectivity index (χ1) is 9.30. The number of nitrogen functional groups attached to an aromatic ring is 1. The molecule has 0 saturated carbocycles. The van der Waals surface area contributed by atoms with Crippen LogP contribution >= 0.6 is 11.3 Å². The molecule has 0 bridgehead atoms. The standard InChI is InChI=1S/C13H17N3O2S2/c1-9-4-11(14)6-12(5-9)20(17,18)16(3)7-13-10(2)15-8-19-13/h4-6,8H,7,14H2,1-3H3. The van der Waals surface area contributed by atoms with Crippen molar-refractivity contribution >= 4 is 27.0 Å². The molecule has 108 valence electrons. The Morgan fingerprint density at radius 3 is 2.55 bits per heavy atom. The van der Waals surface area contributed by atoms with E-state index in [1.165, 1.54) is 21.7 Å². The Kier molecular flexibility index (Phi) is 4.12. The maximum Gasteiger partial charge on any atom is 0.243 e. The summed E-state index contributed by atoms with van der Waals surface area (Å²) in [6, 6.07) is 4.85. The molecule has 0 spiro atoms. The van der Waals surface area contributed by atoms with Gasteiger partial charge in [0.2, 0.25) is 10.0 Å². The summed E-state index contributed by atoms with van der Waals surface area (Å²) in [5.41, 5.74) is 9.58. The molecule has 1 heterocycles. The lowest BCUT2D eigenvalue weighted by molar-refractivity contribution is 0.468. The fourth-order valence-electron chi connectivity index (χ4n) is 1.87. The average molecular weight is 311 g/mol. The minimum atomic E-state index is -3.54. The highest BCUT2D eigenvalue weighted by Gasteiger charge is 2.22. The van der Waals surface area contributed by atoms with Crippen LogP contribution in [-0.2, 0) is 16.6 Å². The molecular weight excluding hydrogens is 294 g/mol. The SMILES string of the molecule is Cc1cc(N)cc(S(=O)(=O)N(C)Cc2scnc2C)c1. The molecule has 2 aromatic rings. The second-order valence-electron chi connectivity index (χ2n) is 4.70. The molecule has 5 nitrogen and oxygen atoms in total. The van der Waals surface area contributed by atoms with Crippen molar-refractivity contribution in [1.82, 2.24) is 9.29 Å². The molecule has 1 aromatic heterocycles. The zero-order valence-corrected chi connectivity index (χ0v) is 13.3. The van der Waals surface area contributed by atoms with E-state index in [9.17, 15) is 8.42 Å². The molecule has 2 rings (SSSR count). The van der Waals surface area contributed by atoms with Gasteiger partial charge in [-0.1, -0.05) is 0 Å². The normalized spacial score (nSPS) is 12.0. The van der Waals surface area contributed by atoms with Crippen molar-refractivity contribution in [2.75, 3.05) is 12.8 Å². The van der Waals surface area contributed by atoms with Gasteiger partial charge in [-0.25, -0.2) is 13.4 Å². The third kappa shape index (κ3) is 3.00. The number of nitrogens with zero attached hydrogens (tertiary/aromatic N) is 2. The Morgan fingerprint density at radius 2 is 2.00 bits per heavy atom. The van der Waals surface area contributed by atoms with Gasteiger partial charge in [-0.3, -0.25) is 0 Å². The summed E-state index contributed by atoms with van der Waals surface area (Å²) in [4.78, 5) is 5.29. The third-order valence-corrected chi connectivity index (χ3v) is 5.69. The second-order valence-corrected chi connectivity index (χ2v) is 7.69. The predicted molar refractivity (Wildman–Crippen MR) is 81.1 cm³/mol. The zero-order valence-electron chi connectivity index (χ0n) is 11.6. The number of aromatic nitrogens is 1. The number of hydrogen-bond donors (Lipinski definition) is 1. The molecule has 0 fully saturated rings. The van der Waals surface area contributed by atoms with Crippen LogP contribution in [0.1, 0.15) is 16.1 Å². The quantitative estimate of drug-likeness (QED) is 0.878. The fourth-order valence-corrected chi connectivity index (χ4v) is 4.06. The highest BCUT2D eigenvalue weighted by Crippen LogP contribution is 2.22. The second kappa shape index (κ2) is 5.51. The number of sulfonamides is 1. The van der Waals surface area contributed by atoms with Crippen LogP contribution in [0.15, 0.2) is 28.6 Å². The molecule has 0 aliphatic heterocycles. The zero-order chi connectivity index (χ0) is 14.9. The summed E-state index contributed by atoms with van der Waals surface area (Å²) in [5, 5.41) is 0. The minimum Gasteiger partial charge on any atom is -0.399 e. The Labute approximate surface area is 123 Å². The topological polar surface area (TPSA) is 76.3 Å². The molecule has 0 unspecified atom stereocenters. The van der Waals surface area contributed by atoms with Crippen molar-refractivity contribution in [2.24, 2.45) is 0 Å². The first-order valence-electron chi connectivity index (χ1n) is 6.03. The number of hydrogen-bond acceptors (Lipinski definition) is 5. The maximum absolute atomic E-state index is 12.5. The van der Waals surface area contributed by atoms with E-state index in [-0.39, 0.29) is 4.90 Å². The fraction of sp³-hybridized carbons (Fsp3) is 0.308. The average Bonchev–Trinajstić information content (AvgIpc) is 2.73. The van der Waals surface area contributed by atoms with E-state index in [2.05, 4.69) is 4.98 Å². The van der Waals surface area contributed by atoms with Crippen molar-refractivity contribution < 1.29 is 8.42 Å². The van der Waals surface area contributed by atoms with Crippen molar-refractivity contribution in [3.63, 3.8) is 0 Å². The van der Waals surface area contributed by atoms with Crippen molar-refractivity contribution in [3.05, 3.63) is 39.8 Å².